The summed E-state index contributed by atoms with van der Waals surface area (Å²) in [5.74, 6) is 0.696. The second kappa shape index (κ2) is 9.70. The first-order valence-corrected chi connectivity index (χ1v) is 16.7. The van der Waals surface area contributed by atoms with Gasteiger partial charge >= 0.3 is 0 Å². The van der Waals surface area contributed by atoms with Crippen molar-refractivity contribution >= 4 is 81.8 Å². The lowest BCUT2D eigenvalue weighted by Gasteiger charge is -2.29. The molecule has 0 fully saturated rings. The molecule has 2 aliphatic carbocycles. The van der Waals surface area contributed by atoms with Crippen LogP contribution >= 0.6 is 0 Å². The molecular formula is C46H28O2. The Morgan fingerprint density at radius 3 is 1.85 bits per heavy atom. The van der Waals surface area contributed by atoms with Crippen molar-refractivity contribution in [1.29, 1.82) is 0 Å². The van der Waals surface area contributed by atoms with Gasteiger partial charge in [0.15, 0.2) is 0 Å². The summed E-state index contributed by atoms with van der Waals surface area (Å²) < 4.78 is 12.8. The largest absolute Gasteiger partial charge is 0.456 e. The summed E-state index contributed by atoms with van der Waals surface area (Å²) in [6.07, 6.45) is 15.9. The lowest BCUT2D eigenvalue weighted by Crippen LogP contribution is -2.15. The van der Waals surface area contributed by atoms with Gasteiger partial charge in [0, 0.05) is 33.4 Å². The SMILES string of the molecule is C1=CC2C=CC=C(c3c4ccccc4c(-c4ccc5oc6cc7ccc8oc9ccccc9c8c7cc6c5c4)c4ccccc34)C2C=C1. The highest BCUT2D eigenvalue weighted by Gasteiger charge is 2.27. The van der Waals surface area contributed by atoms with Crippen LogP contribution in [-0.4, -0.2) is 0 Å². The van der Waals surface area contributed by atoms with Gasteiger partial charge < -0.3 is 8.83 Å². The summed E-state index contributed by atoms with van der Waals surface area (Å²) in [5.41, 5.74) is 8.76. The lowest BCUT2D eigenvalue weighted by molar-refractivity contribution is 0.668. The minimum absolute atomic E-state index is 0.319. The fourth-order valence-corrected chi connectivity index (χ4v) is 8.49. The molecule has 2 atom stereocenters. The molecule has 2 heterocycles. The van der Waals surface area contributed by atoms with Crippen molar-refractivity contribution in [3.05, 3.63) is 163 Å². The highest BCUT2D eigenvalue weighted by molar-refractivity contribution is 6.24. The Kier molecular flexibility index (Phi) is 5.25. The Bertz CT molecular complexity index is 2900. The van der Waals surface area contributed by atoms with Crippen LogP contribution in [0.2, 0.25) is 0 Å². The van der Waals surface area contributed by atoms with Crippen LogP contribution in [-0.2, 0) is 0 Å². The zero-order chi connectivity index (χ0) is 31.3. The fourth-order valence-electron chi connectivity index (χ4n) is 8.49. The van der Waals surface area contributed by atoms with Gasteiger partial charge in [-0.1, -0.05) is 121 Å². The predicted molar refractivity (Wildman–Crippen MR) is 201 cm³/mol. The Morgan fingerprint density at radius 1 is 0.417 bits per heavy atom. The first-order valence-electron chi connectivity index (χ1n) is 16.7. The van der Waals surface area contributed by atoms with Crippen LogP contribution in [0.25, 0.3) is 92.9 Å². The topological polar surface area (TPSA) is 26.3 Å². The number of benzene rings is 7. The highest BCUT2D eigenvalue weighted by Crippen LogP contribution is 2.47. The molecule has 0 bridgehead atoms. The number of allylic oxidation sites excluding steroid dienone is 8. The number of para-hydroxylation sites is 1. The Labute approximate surface area is 276 Å². The van der Waals surface area contributed by atoms with E-state index in [0.29, 0.717) is 11.8 Å². The van der Waals surface area contributed by atoms with Gasteiger partial charge in [-0.05, 0) is 91.0 Å². The van der Waals surface area contributed by atoms with E-state index in [4.69, 9.17) is 8.83 Å². The smallest absolute Gasteiger partial charge is 0.136 e. The maximum Gasteiger partial charge on any atom is 0.136 e. The molecule has 2 unspecified atom stereocenters. The van der Waals surface area contributed by atoms with E-state index in [9.17, 15) is 0 Å². The van der Waals surface area contributed by atoms with Crippen LogP contribution in [0.4, 0.5) is 0 Å². The summed E-state index contributed by atoms with van der Waals surface area (Å²) in [5, 5.41) is 11.9. The average Bonchev–Trinajstić information content (AvgIpc) is 3.70. The maximum absolute atomic E-state index is 6.51. The Hall–Kier alpha value is -6.12. The molecule has 2 aliphatic rings. The van der Waals surface area contributed by atoms with Crippen LogP contribution in [0.5, 0.6) is 0 Å². The van der Waals surface area contributed by atoms with Gasteiger partial charge in [0.05, 0.1) is 0 Å². The third-order valence-electron chi connectivity index (χ3n) is 10.6. The minimum Gasteiger partial charge on any atom is -0.456 e. The molecule has 0 amide bonds. The molecule has 2 heteroatoms. The second-order valence-electron chi connectivity index (χ2n) is 13.1. The molecule has 224 valence electrons. The first kappa shape index (κ1) is 26.0. The van der Waals surface area contributed by atoms with Crippen molar-refractivity contribution in [2.24, 2.45) is 11.8 Å². The van der Waals surface area contributed by atoms with Gasteiger partial charge in [-0.3, -0.25) is 0 Å². The highest BCUT2D eigenvalue weighted by atomic mass is 16.3. The molecule has 0 saturated carbocycles. The third-order valence-corrected chi connectivity index (χ3v) is 10.6. The van der Waals surface area contributed by atoms with Gasteiger partial charge in [0.2, 0.25) is 0 Å². The van der Waals surface area contributed by atoms with Crippen LogP contribution < -0.4 is 0 Å². The molecule has 9 aromatic rings. The van der Waals surface area contributed by atoms with Gasteiger partial charge in [0.1, 0.15) is 22.3 Å². The van der Waals surface area contributed by atoms with Gasteiger partial charge in [-0.2, -0.15) is 0 Å². The summed E-state index contributed by atoms with van der Waals surface area (Å²) in [6.45, 7) is 0. The standard InChI is InChI=1S/C46H28O2/c1-2-12-30-27(10-1)11-9-18-31(30)45-34-15-5-3-13-32(34)44(33-14-4-6-16-35(33)45)29-21-22-41-38(24-29)39-26-37-28(25-43(39)48-41)20-23-42-46(37)36-17-7-8-19-40(36)47-42/h1-27,30H. The summed E-state index contributed by atoms with van der Waals surface area (Å²) in [6, 6.07) is 41.6. The Balaban J connectivity index is 1.19. The zero-order valence-electron chi connectivity index (χ0n) is 26.0. The normalized spacial score (nSPS) is 17.5. The maximum atomic E-state index is 6.51. The van der Waals surface area contributed by atoms with Gasteiger partial charge in [0.25, 0.3) is 0 Å². The number of hydrogen-bond donors (Lipinski definition) is 0. The molecule has 48 heavy (non-hydrogen) atoms. The van der Waals surface area contributed by atoms with E-state index in [1.54, 1.807) is 0 Å². The van der Waals surface area contributed by atoms with E-state index in [2.05, 4.69) is 146 Å². The number of hydrogen-bond acceptors (Lipinski definition) is 2. The molecule has 0 spiro atoms. The third kappa shape index (κ3) is 3.57. The molecule has 7 aromatic carbocycles. The van der Waals surface area contributed by atoms with Crippen LogP contribution in [0.1, 0.15) is 5.56 Å². The fraction of sp³-hybridized carbons (Fsp3) is 0.0435. The monoisotopic (exact) mass is 612 g/mol. The number of furan rings is 2. The van der Waals surface area contributed by atoms with Gasteiger partial charge in [-0.15, -0.1) is 0 Å². The van der Waals surface area contributed by atoms with Crippen molar-refractivity contribution in [1.82, 2.24) is 0 Å². The quantitative estimate of drug-likeness (QED) is 0.182. The molecule has 0 saturated heterocycles. The van der Waals surface area contributed by atoms with Crippen molar-refractivity contribution in [3.63, 3.8) is 0 Å². The van der Waals surface area contributed by atoms with E-state index < -0.39 is 0 Å². The van der Waals surface area contributed by atoms with Crippen LogP contribution in [0.3, 0.4) is 0 Å². The van der Waals surface area contributed by atoms with Crippen molar-refractivity contribution in [2.45, 2.75) is 0 Å². The Morgan fingerprint density at radius 2 is 1.04 bits per heavy atom. The summed E-state index contributed by atoms with van der Waals surface area (Å²) in [4.78, 5) is 0. The molecular weight excluding hydrogens is 585 g/mol. The van der Waals surface area contributed by atoms with E-state index >= 15 is 0 Å². The zero-order valence-corrected chi connectivity index (χ0v) is 26.0. The minimum atomic E-state index is 0.319. The molecule has 2 aromatic heterocycles. The number of rotatable bonds is 2. The van der Waals surface area contributed by atoms with Crippen molar-refractivity contribution < 1.29 is 8.83 Å². The molecule has 2 nitrogen and oxygen atoms in total. The average molecular weight is 613 g/mol. The van der Waals surface area contributed by atoms with E-state index in [0.717, 1.165) is 49.3 Å². The van der Waals surface area contributed by atoms with Gasteiger partial charge in [-0.25, -0.2) is 0 Å². The van der Waals surface area contributed by atoms with E-state index in [1.807, 2.05) is 12.1 Å². The van der Waals surface area contributed by atoms with Crippen LogP contribution in [0.15, 0.2) is 167 Å². The van der Waals surface area contributed by atoms with E-state index in [-0.39, 0.29) is 0 Å². The molecule has 11 rings (SSSR count). The van der Waals surface area contributed by atoms with Crippen molar-refractivity contribution in [3.8, 4) is 11.1 Å². The second-order valence-corrected chi connectivity index (χ2v) is 13.1. The number of fused-ring (bicyclic) bond motifs is 11. The summed E-state index contributed by atoms with van der Waals surface area (Å²) >= 11 is 0. The molecule has 0 radical (unpaired) electrons. The predicted octanol–water partition coefficient (Wildman–Crippen LogP) is 12.9. The molecule has 0 aliphatic heterocycles. The van der Waals surface area contributed by atoms with Crippen molar-refractivity contribution in [2.75, 3.05) is 0 Å². The summed E-state index contributed by atoms with van der Waals surface area (Å²) in [7, 11) is 0. The lowest BCUT2D eigenvalue weighted by atomic mass is 9.74. The molecule has 0 N–H and O–H groups in total. The van der Waals surface area contributed by atoms with Crippen LogP contribution in [0, 0.1) is 11.8 Å². The first-order chi connectivity index (χ1) is 23.8. The van der Waals surface area contributed by atoms with E-state index in [1.165, 1.54) is 49.2 Å².